The Labute approximate surface area is 156 Å². The van der Waals surface area contributed by atoms with E-state index >= 15 is 0 Å². The van der Waals surface area contributed by atoms with Crippen LogP contribution in [0.15, 0.2) is 11.6 Å². The molecule has 3 amide bonds. The van der Waals surface area contributed by atoms with E-state index in [1.165, 1.54) is 37.4 Å². The summed E-state index contributed by atoms with van der Waals surface area (Å²) in [7, 11) is 0. The molecule has 2 fully saturated rings. The predicted molar refractivity (Wildman–Crippen MR) is 99.4 cm³/mol. The molecule has 2 N–H and O–H groups in total. The molecule has 3 aliphatic rings. The van der Waals surface area contributed by atoms with E-state index in [4.69, 9.17) is 4.74 Å². The van der Waals surface area contributed by atoms with Gasteiger partial charge in [0.15, 0.2) is 0 Å². The maximum absolute atomic E-state index is 12.6. The van der Waals surface area contributed by atoms with E-state index in [0.29, 0.717) is 22.5 Å². The molecule has 2 heterocycles. The number of ether oxygens (including phenoxy) is 1. The predicted octanol–water partition coefficient (Wildman–Crippen LogP) is 2.44. The monoisotopic (exact) mass is 384 g/mol. The van der Waals surface area contributed by atoms with Gasteiger partial charge in [0.05, 0.1) is 11.9 Å². The fraction of sp³-hybridized carbons (Fsp3) is 0.706. The lowest BCUT2D eigenvalue weighted by molar-refractivity contribution is -0.120. The highest BCUT2D eigenvalue weighted by Crippen LogP contribution is 2.46. The van der Waals surface area contributed by atoms with Crippen molar-refractivity contribution in [2.75, 3.05) is 12.4 Å². The van der Waals surface area contributed by atoms with Crippen LogP contribution in [0.5, 0.6) is 0 Å². The maximum Gasteiger partial charge on any atom is 0.414 e. The lowest BCUT2D eigenvalue weighted by Crippen LogP contribution is -2.42. The van der Waals surface area contributed by atoms with Crippen LogP contribution in [0.4, 0.5) is 4.79 Å². The van der Waals surface area contributed by atoms with E-state index in [1.54, 1.807) is 24.8 Å². The van der Waals surface area contributed by atoms with Crippen LogP contribution in [0.2, 0.25) is 0 Å². The second-order valence-corrected chi connectivity index (χ2v) is 9.08. The number of fused-ring (bicyclic) bond motifs is 1. The van der Waals surface area contributed by atoms with Crippen LogP contribution in [0.25, 0.3) is 0 Å². The largest absolute Gasteiger partial charge is 0.450 e. The van der Waals surface area contributed by atoms with Crippen molar-refractivity contribution in [3.8, 4) is 0 Å². The van der Waals surface area contributed by atoms with Gasteiger partial charge in [-0.05, 0) is 32.1 Å². The summed E-state index contributed by atoms with van der Waals surface area (Å²) in [4.78, 5) is 36.3. The summed E-state index contributed by atoms with van der Waals surface area (Å²) in [5.74, 6) is 0.808. The minimum Gasteiger partial charge on any atom is -0.450 e. The molecule has 6 nitrogen and oxygen atoms in total. The number of nitrogens with one attached hydrogen (secondary N) is 2. The van der Waals surface area contributed by atoms with E-state index in [9.17, 15) is 14.4 Å². The summed E-state index contributed by atoms with van der Waals surface area (Å²) in [5.41, 5.74) is 0.423. The molecule has 0 bridgehead atoms. The van der Waals surface area contributed by atoms with Crippen LogP contribution in [-0.2, 0) is 14.3 Å². The molecule has 2 aliphatic heterocycles. The topological polar surface area (TPSA) is 84.5 Å². The molecule has 1 saturated carbocycles. The highest BCUT2D eigenvalue weighted by Gasteiger charge is 2.40. The van der Waals surface area contributed by atoms with Gasteiger partial charge in [0, 0.05) is 16.6 Å². The summed E-state index contributed by atoms with van der Waals surface area (Å²) in [6.07, 6.45) is 6.91. The van der Waals surface area contributed by atoms with Crippen LogP contribution in [-0.4, -0.2) is 46.1 Å². The SMILES string of the molecule is CCOC(=O)NC(=O)C1=CCSC1NC(=O)C1CC2CCCCC2S1. The van der Waals surface area contributed by atoms with Crippen molar-refractivity contribution in [1.29, 1.82) is 0 Å². The second-order valence-electron chi connectivity index (χ2n) is 6.50. The highest BCUT2D eigenvalue weighted by molar-refractivity contribution is 8.01. The number of carbonyl (C=O) groups is 3. The number of hydrogen-bond donors (Lipinski definition) is 2. The van der Waals surface area contributed by atoms with Crippen molar-refractivity contribution in [3.05, 3.63) is 11.6 Å². The molecule has 0 spiro atoms. The summed E-state index contributed by atoms with van der Waals surface area (Å²) in [6.45, 7) is 1.88. The molecule has 1 saturated heterocycles. The fourth-order valence-corrected chi connectivity index (χ4v) is 6.44. The zero-order valence-electron chi connectivity index (χ0n) is 14.3. The molecule has 0 aromatic carbocycles. The third-order valence-electron chi connectivity index (χ3n) is 4.86. The van der Waals surface area contributed by atoms with E-state index in [2.05, 4.69) is 10.6 Å². The Morgan fingerprint density at radius 2 is 2.08 bits per heavy atom. The first kappa shape index (κ1) is 18.6. The molecule has 4 atom stereocenters. The Kier molecular flexibility index (Phi) is 6.33. The quantitative estimate of drug-likeness (QED) is 0.774. The molecular formula is C17H24N2O4S2. The molecule has 1 aliphatic carbocycles. The third-order valence-corrected chi connectivity index (χ3v) is 7.63. The van der Waals surface area contributed by atoms with Crippen LogP contribution >= 0.6 is 23.5 Å². The molecular weight excluding hydrogens is 360 g/mol. The third kappa shape index (κ3) is 4.53. The number of amides is 3. The van der Waals surface area contributed by atoms with Gasteiger partial charge in [-0.2, -0.15) is 0 Å². The van der Waals surface area contributed by atoms with Crippen molar-refractivity contribution in [3.63, 3.8) is 0 Å². The van der Waals surface area contributed by atoms with Gasteiger partial charge in [-0.15, -0.1) is 23.5 Å². The van der Waals surface area contributed by atoms with E-state index < -0.39 is 17.4 Å². The molecule has 8 heteroatoms. The van der Waals surface area contributed by atoms with Crippen molar-refractivity contribution >= 4 is 41.4 Å². The number of rotatable bonds is 4. The van der Waals surface area contributed by atoms with E-state index in [0.717, 1.165) is 6.42 Å². The Morgan fingerprint density at radius 1 is 1.28 bits per heavy atom. The zero-order valence-corrected chi connectivity index (χ0v) is 15.9. The van der Waals surface area contributed by atoms with Gasteiger partial charge in [-0.25, -0.2) is 4.79 Å². The smallest absolute Gasteiger partial charge is 0.414 e. The Hall–Kier alpha value is -1.15. The molecule has 4 unspecified atom stereocenters. The molecule has 0 aromatic heterocycles. The lowest BCUT2D eigenvalue weighted by Gasteiger charge is -2.23. The first-order valence-electron chi connectivity index (χ1n) is 8.84. The average Bonchev–Trinajstić information content (AvgIpc) is 3.21. The standard InChI is InChI=1S/C17H24N2O4S2/c1-2-23-17(22)19-14(20)11-7-8-24-16(11)18-15(21)13-9-10-5-3-4-6-12(10)25-13/h7,10,12-13,16H,2-6,8-9H2,1H3,(H,18,21)(H,19,20,22). The van der Waals surface area contributed by atoms with Crippen LogP contribution in [0, 0.1) is 5.92 Å². The molecule has 25 heavy (non-hydrogen) atoms. The van der Waals surface area contributed by atoms with E-state index in [1.807, 2.05) is 0 Å². The van der Waals surface area contributed by atoms with Crippen molar-refractivity contribution in [1.82, 2.24) is 10.6 Å². The van der Waals surface area contributed by atoms with Crippen molar-refractivity contribution in [2.24, 2.45) is 5.92 Å². The number of thioether (sulfide) groups is 2. The average molecular weight is 385 g/mol. The van der Waals surface area contributed by atoms with Gasteiger partial charge in [0.1, 0.15) is 5.37 Å². The van der Waals surface area contributed by atoms with E-state index in [-0.39, 0.29) is 17.8 Å². The fourth-order valence-electron chi connectivity index (χ4n) is 3.65. The van der Waals surface area contributed by atoms with Gasteiger partial charge in [-0.1, -0.05) is 18.9 Å². The number of imide groups is 1. The van der Waals surface area contributed by atoms with Gasteiger partial charge < -0.3 is 10.1 Å². The maximum atomic E-state index is 12.6. The van der Waals surface area contributed by atoms with Gasteiger partial charge in [0.2, 0.25) is 5.91 Å². The van der Waals surface area contributed by atoms with Crippen LogP contribution < -0.4 is 10.6 Å². The molecule has 0 radical (unpaired) electrons. The van der Waals surface area contributed by atoms with Gasteiger partial charge in [-0.3, -0.25) is 14.9 Å². The second kappa shape index (κ2) is 8.49. The Bertz CT molecular complexity index is 567. The zero-order chi connectivity index (χ0) is 17.8. The van der Waals surface area contributed by atoms with Crippen LogP contribution in [0.1, 0.15) is 39.0 Å². The van der Waals surface area contributed by atoms with Gasteiger partial charge in [0.25, 0.3) is 5.91 Å². The molecule has 0 aromatic rings. The van der Waals surface area contributed by atoms with Crippen LogP contribution in [0.3, 0.4) is 0 Å². The summed E-state index contributed by atoms with van der Waals surface area (Å²) >= 11 is 3.28. The van der Waals surface area contributed by atoms with Crippen molar-refractivity contribution in [2.45, 2.75) is 54.9 Å². The Balaban J connectivity index is 1.53. The first-order valence-corrected chi connectivity index (χ1v) is 10.8. The summed E-state index contributed by atoms with van der Waals surface area (Å²) in [5, 5.41) is 5.38. The molecule has 3 rings (SSSR count). The first-order chi connectivity index (χ1) is 12.1. The van der Waals surface area contributed by atoms with Crippen molar-refractivity contribution < 1.29 is 19.1 Å². The summed E-state index contributed by atoms with van der Waals surface area (Å²) < 4.78 is 4.73. The summed E-state index contributed by atoms with van der Waals surface area (Å²) in [6, 6.07) is 0. The normalized spacial score (nSPS) is 31.0. The number of alkyl carbamates (subject to hydrolysis) is 1. The Morgan fingerprint density at radius 3 is 2.84 bits per heavy atom. The number of hydrogen-bond acceptors (Lipinski definition) is 6. The van der Waals surface area contributed by atoms with Gasteiger partial charge >= 0.3 is 6.09 Å². The highest BCUT2D eigenvalue weighted by atomic mass is 32.2. The molecule has 138 valence electrons. The number of carbonyl (C=O) groups excluding carboxylic acids is 3. The lowest BCUT2D eigenvalue weighted by atomic mass is 9.86. The minimum atomic E-state index is -0.759. The minimum absolute atomic E-state index is 0.00800.